The average molecular weight is 582 g/mol. The first-order chi connectivity index (χ1) is 18.5. The van der Waals surface area contributed by atoms with Crippen molar-refractivity contribution in [3.8, 4) is 0 Å². The quantitative estimate of drug-likeness (QED) is 0.344. The summed E-state index contributed by atoms with van der Waals surface area (Å²) in [5.74, 6) is -0.00353. The number of esters is 1. The van der Waals surface area contributed by atoms with Gasteiger partial charge in [-0.05, 0) is 81.0 Å². The number of Topliss-reactive ketones (excluding diaryl/α,β-unsaturated/α-hetero) is 2. The number of ketones is 2. The van der Waals surface area contributed by atoms with Gasteiger partial charge < -0.3 is 9.47 Å². The van der Waals surface area contributed by atoms with Gasteiger partial charge in [0.15, 0.2) is 5.78 Å². The van der Waals surface area contributed by atoms with E-state index in [4.69, 9.17) is 13.7 Å². The van der Waals surface area contributed by atoms with Crippen LogP contribution in [-0.2, 0) is 38.2 Å². The van der Waals surface area contributed by atoms with Gasteiger partial charge in [0.25, 0.3) is 10.1 Å². The summed E-state index contributed by atoms with van der Waals surface area (Å²) in [5, 5.41) is 0. The number of morpholine rings is 1. The van der Waals surface area contributed by atoms with E-state index in [1.807, 2.05) is 0 Å². The summed E-state index contributed by atoms with van der Waals surface area (Å²) in [5.41, 5.74) is -1.03. The maximum absolute atomic E-state index is 14.2. The normalized spacial score (nSPS) is 43.4. The summed E-state index contributed by atoms with van der Waals surface area (Å²) in [6.45, 7) is 11.5. The molecule has 0 aromatic rings. The molecule has 5 fully saturated rings. The standard InChI is InChI=1S/C30H47NO8S/c1-18(32)37-16-25(34)22-10-9-21-20-8-7-19-13-26(39-40(6,35)36)23(31-11-12-38-28(2,3)17-31)14-29(19,4)27(20)24(33)15-30(21,22)5/h19-23,26-27H,7-17H2,1-6H3/t19-,20-,21-,22+,23-,26-,27+,29-,30-/m0/s1. The second kappa shape index (κ2) is 10.4. The third-order valence-corrected chi connectivity index (χ3v) is 12.0. The monoisotopic (exact) mass is 581 g/mol. The van der Waals surface area contributed by atoms with E-state index in [2.05, 4.69) is 32.6 Å². The molecule has 5 rings (SSSR count). The van der Waals surface area contributed by atoms with E-state index in [0.29, 0.717) is 39.0 Å². The van der Waals surface area contributed by atoms with Gasteiger partial charge in [0.2, 0.25) is 0 Å². The molecule has 10 heteroatoms. The Hall–Kier alpha value is -1.36. The summed E-state index contributed by atoms with van der Waals surface area (Å²) >= 11 is 0. The van der Waals surface area contributed by atoms with Crippen LogP contribution in [0.15, 0.2) is 0 Å². The van der Waals surface area contributed by atoms with Crippen LogP contribution in [0, 0.1) is 40.4 Å². The molecule has 0 spiro atoms. The molecule has 0 radical (unpaired) electrons. The Bertz CT molecular complexity index is 1150. The fraction of sp³-hybridized carbons (Fsp3) is 0.900. The van der Waals surface area contributed by atoms with Gasteiger partial charge in [-0.3, -0.25) is 23.5 Å². The molecule has 0 N–H and O–H groups in total. The van der Waals surface area contributed by atoms with Crippen molar-refractivity contribution < 1.29 is 36.5 Å². The molecule has 1 heterocycles. The van der Waals surface area contributed by atoms with Crippen LogP contribution < -0.4 is 0 Å². The van der Waals surface area contributed by atoms with Gasteiger partial charge in [-0.1, -0.05) is 13.8 Å². The van der Waals surface area contributed by atoms with Crippen molar-refractivity contribution in [2.24, 2.45) is 40.4 Å². The van der Waals surface area contributed by atoms with Crippen molar-refractivity contribution in [3.05, 3.63) is 0 Å². The van der Waals surface area contributed by atoms with Crippen molar-refractivity contribution in [3.63, 3.8) is 0 Å². The zero-order valence-electron chi connectivity index (χ0n) is 24.9. The Morgan fingerprint density at radius 1 is 1.07 bits per heavy atom. The van der Waals surface area contributed by atoms with Gasteiger partial charge >= 0.3 is 5.97 Å². The van der Waals surface area contributed by atoms with Gasteiger partial charge in [0.1, 0.15) is 12.4 Å². The molecule has 0 aromatic carbocycles. The Labute approximate surface area is 239 Å². The second-order valence-electron chi connectivity index (χ2n) is 14.5. The molecular formula is C30H47NO8S. The van der Waals surface area contributed by atoms with Crippen molar-refractivity contribution in [1.82, 2.24) is 4.90 Å². The first kappa shape index (κ1) is 30.1. The highest BCUT2D eigenvalue weighted by Crippen LogP contribution is 2.67. The smallest absolute Gasteiger partial charge is 0.303 e. The van der Waals surface area contributed by atoms with E-state index in [9.17, 15) is 22.8 Å². The summed E-state index contributed by atoms with van der Waals surface area (Å²) < 4.78 is 41.4. The van der Waals surface area contributed by atoms with Gasteiger partial charge in [0, 0.05) is 44.3 Å². The van der Waals surface area contributed by atoms with Gasteiger partial charge in [-0.25, -0.2) is 0 Å². The van der Waals surface area contributed by atoms with Crippen molar-refractivity contribution in [2.75, 3.05) is 32.6 Å². The SMILES string of the molecule is CC(=O)OCC(=O)[C@H]1CC[C@H]2[C@@H]3CC[C@H]4C[C@H](OS(C)(=O)=O)[C@@H](N5CCOC(C)(C)C5)C[C@]4(C)[C@H]3C(=O)C[C@]12C. The lowest BCUT2D eigenvalue weighted by atomic mass is 9.43. The zero-order valence-corrected chi connectivity index (χ0v) is 25.8. The van der Waals surface area contributed by atoms with Gasteiger partial charge in [-0.2, -0.15) is 8.42 Å². The number of carbonyl (C=O) groups is 3. The summed E-state index contributed by atoms with van der Waals surface area (Å²) in [6.07, 6.45) is 5.84. The molecule has 9 atom stereocenters. The van der Waals surface area contributed by atoms with Crippen LogP contribution in [0.2, 0.25) is 0 Å². The van der Waals surface area contributed by atoms with E-state index in [1.165, 1.54) is 6.92 Å². The number of nitrogens with zero attached hydrogens (tertiary/aromatic N) is 1. The molecule has 1 saturated heterocycles. The fourth-order valence-electron chi connectivity index (χ4n) is 9.91. The Kier molecular flexibility index (Phi) is 7.84. The largest absolute Gasteiger partial charge is 0.458 e. The van der Waals surface area contributed by atoms with E-state index >= 15 is 0 Å². The maximum Gasteiger partial charge on any atom is 0.303 e. The Balaban J connectivity index is 1.43. The zero-order chi connectivity index (χ0) is 29.3. The van der Waals surface area contributed by atoms with Gasteiger partial charge in [0.05, 0.1) is 24.6 Å². The molecule has 4 aliphatic carbocycles. The molecule has 0 bridgehead atoms. The van der Waals surface area contributed by atoms with Crippen LogP contribution >= 0.6 is 0 Å². The van der Waals surface area contributed by atoms with Crippen molar-refractivity contribution in [2.45, 2.75) is 97.3 Å². The molecular weight excluding hydrogens is 534 g/mol. The first-order valence-corrected chi connectivity index (χ1v) is 16.8. The van der Waals surface area contributed by atoms with E-state index < -0.39 is 27.6 Å². The molecule has 4 saturated carbocycles. The summed E-state index contributed by atoms with van der Waals surface area (Å²) in [7, 11) is -3.65. The minimum absolute atomic E-state index is 0.0697. The molecule has 9 nitrogen and oxygen atoms in total. The average Bonchev–Trinajstić information content (AvgIpc) is 3.17. The minimum atomic E-state index is -3.65. The van der Waals surface area contributed by atoms with E-state index in [1.54, 1.807) is 0 Å². The van der Waals surface area contributed by atoms with Crippen molar-refractivity contribution in [1.29, 1.82) is 0 Å². The van der Waals surface area contributed by atoms with Crippen LogP contribution in [0.5, 0.6) is 0 Å². The lowest BCUT2D eigenvalue weighted by Crippen LogP contribution is -2.64. The third-order valence-electron chi connectivity index (χ3n) is 11.4. The Morgan fingerprint density at radius 3 is 2.45 bits per heavy atom. The molecule has 40 heavy (non-hydrogen) atoms. The highest BCUT2D eigenvalue weighted by atomic mass is 32.2. The van der Waals surface area contributed by atoms with Crippen LogP contribution in [0.25, 0.3) is 0 Å². The van der Waals surface area contributed by atoms with Crippen LogP contribution in [-0.4, -0.2) is 81.2 Å². The highest BCUT2D eigenvalue weighted by Gasteiger charge is 2.65. The van der Waals surface area contributed by atoms with Gasteiger partial charge in [-0.15, -0.1) is 0 Å². The molecule has 0 unspecified atom stereocenters. The van der Waals surface area contributed by atoms with Crippen molar-refractivity contribution >= 4 is 27.7 Å². The number of ether oxygens (including phenoxy) is 2. The van der Waals surface area contributed by atoms with E-state index in [-0.39, 0.29) is 64.8 Å². The maximum atomic E-state index is 14.2. The number of rotatable bonds is 6. The topological polar surface area (TPSA) is 116 Å². The predicted molar refractivity (Wildman–Crippen MR) is 148 cm³/mol. The molecule has 5 aliphatic rings. The number of hydrogen-bond donors (Lipinski definition) is 0. The number of carbonyl (C=O) groups excluding carboxylic acids is 3. The lowest BCUT2D eigenvalue weighted by molar-refractivity contribution is -0.175. The van der Waals surface area contributed by atoms with Crippen LogP contribution in [0.4, 0.5) is 0 Å². The first-order valence-electron chi connectivity index (χ1n) is 15.0. The van der Waals surface area contributed by atoms with E-state index in [0.717, 1.165) is 31.9 Å². The Morgan fingerprint density at radius 2 is 1.80 bits per heavy atom. The molecule has 0 aromatic heterocycles. The summed E-state index contributed by atoms with van der Waals surface area (Å²) in [6, 6.07) is -0.124. The predicted octanol–water partition coefficient (Wildman–Crippen LogP) is 3.39. The second-order valence-corrected chi connectivity index (χ2v) is 16.1. The highest BCUT2D eigenvalue weighted by molar-refractivity contribution is 7.86. The molecule has 226 valence electrons. The fourth-order valence-corrected chi connectivity index (χ4v) is 10.6. The number of hydrogen-bond acceptors (Lipinski definition) is 9. The number of fused-ring (bicyclic) bond motifs is 5. The summed E-state index contributed by atoms with van der Waals surface area (Å²) in [4.78, 5) is 41.0. The molecule has 1 aliphatic heterocycles. The third kappa shape index (κ3) is 5.42. The van der Waals surface area contributed by atoms with Crippen LogP contribution in [0.1, 0.15) is 79.6 Å². The minimum Gasteiger partial charge on any atom is -0.458 e. The lowest BCUT2D eigenvalue weighted by Gasteiger charge is -2.62. The van der Waals surface area contributed by atoms with Crippen LogP contribution in [0.3, 0.4) is 0 Å². The molecule has 0 amide bonds.